The highest BCUT2D eigenvalue weighted by atomic mass is 32.1. The first-order valence-corrected chi connectivity index (χ1v) is 9.37. The Kier molecular flexibility index (Phi) is 6.57. The van der Waals surface area contributed by atoms with Gasteiger partial charge in [0.15, 0.2) is 11.5 Å². The van der Waals surface area contributed by atoms with Crippen LogP contribution in [-0.4, -0.2) is 43.4 Å². The van der Waals surface area contributed by atoms with Gasteiger partial charge in [-0.1, -0.05) is 12.1 Å². The number of phenolic OH excluding ortho intramolecular Hbond substituents is 1. The van der Waals surface area contributed by atoms with Crippen molar-refractivity contribution in [2.45, 2.75) is 0 Å². The highest BCUT2D eigenvalue weighted by molar-refractivity contribution is 7.07. The summed E-state index contributed by atoms with van der Waals surface area (Å²) in [6, 6.07) is 11.3. The first kappa shape index (κ1) is 19.8. The second kappa shape index (κ2) is 9.29. The summed E-state index contributed by atoms with van der Waals surface area (Å²) in [6.45, 7) is 0.980. The van der Waals surface area contributed by atoms with Crippen LogP contribution >= 0.6 is 11.3 Å². The third-order valence-electron chi connectivity index (χ3n) is 3.87. The molecule has 0 saturated carbocycles. The van der Waals surface area contributed by atoms with Crippen LogP contribution in [0.3, 0.4) is 0 Å². The molecule has 2 aromatic carbocycles. The van der Waals surface area contributed by atoms with Gasteiger partial charge in [-0.3, -0.25) is 4.99 Å². The lowest BCUT2D eigenvalue weighted by molar-refractivity contribution is 0.207. The zero-order valence-corrected chi connectivity index (χ0v) is 16.3. The van der Waals surface area contributed by atoms with Gasteiger partial charge in [-0.25, -0.2) is 9.07 Å². The fourth-order valence-corrected chi connectivity index (χ4v) is 3.36. The van der Waals surface area contributed by atoms with Crippen LogP contribution in [0.25, 0.3) is 11.3 Å². The predicted molar refractivity (Wildman–Crippen MR) is 108 cm³/mol. The van der Waals surface area contributed by atoms with Crippen molar-refractivity contribution in [3.05, 3.63) is 64.0 Å². The predicted octanol–water partition coefficient (Wildman–Crippen LogP) is 3.50. The molecule has 0 bridgehead atoms. The van der Waals surface area contributed by atoms with Crippen LogP contribution in [0.5, 0.6) is 11.5 Å². The zero-order chi connectivity index (χ0) is 19.9. The second-order valence-electron chi connectivity index (χ2n) is 5.78. The van der Waals surface area contributed by atoms with E-state index in [0.717, 1.165) is 11.3 Å². The van der Waals surface area contributed by atoms with Crippen molar-refractivity contribution in [3.63, 3.8) is 0 Å². The largest absolute Gasteiger partial charge is 0.504 e. The van der Waals surface area contributed by atoms with Crippen molar-refractivity contribution in [3.8, 4) is 22.8 Å². The quantitative estimate of drug-likeness (QED) is 0.487. The van der Waals surface area contributed by atoms with Gasteiger partial charge < -0.3 is 14.6 Å². The maximum atomic E-state index is 13.7. The van der Waals surface area contributed by atoms with E-state index in [1.54, 1.807) is 36.2 Å². The van der Waals surface area contributed by atoms with E-state index in [1.807, 2.05) is 11.4 Å². The standard InChI is InChI=1S/C20H20FN3O3S/c1-26-9-8-22-20-24(17(13-28-20)15-4-3-5-16(21)11-15)23-12-14-6-7-18(25)19(10-14)27-2/h3-7,10-13,25H,8-9H2,1-2H3/b22-20?,23-12+. The molecule has 0 aliphatic rings. The number of ether oxygens (including phenoxy) is 2. The summed E-state index contributed by atoms with van der Waals surface area (Å²) in [5, 5.41) is 16.2. The van der Waals surface area contributed by atoms with Crippen LogP contribution < -0.4 is 9.54 Å². The highest BCUT2D eigenvalue weighted by Crippen LogP contribution is 2.26. The number of aromatic nitrogens is 1. The number of nitrogens with zero attached hydrogens (tertiary/aromatic N) is 3. The number of methoxy groups -OCH3 is 2. The Morgan fingerprint density at radius 2 is 2.07 bits per heavy atom. The molecule has 1 N–H and O–H groups in total. The maximum Gasteiger partial charge on any atom is 0.206 e. The van der Waals surface area contributed by atoms with Crippen LogP contribution in [0.15, 0.2) is 57.9 Å². The molecule has 1 heterocycles. The minimum atomic E-state index is -0.319. The number of aromatic hydroxyl groups is 1. The first-order valence-electron chi connectivity index (χ1n) is 8.49. The molecule has 3 aromatic rings. The van der Waals surface area contributed by atoms with Gasteiger partial charge in [0.1, 0.15) is 5.82 Å². The Labute approximate surface area is 165 Å². The molecule has 1 aromatic heterocycles. The van der Waals surface area contributed by atoms with Crippen LogP contribution in [0.2, 0.25) is 0 Å². The van der Waals surface area contributed by atoms with E-state index in [9.17, 15) is 9.50 Å². The van der Waals surface area contributed by atoms with Gasteiger partial charge in [0.05, 0.1) is 32.2 Å². The van der Waals surface area contributed by atoms with E-state index < -0.39 is 0 Å². The highest BCUT2D eigenvalue weighted by Gasteiger charge is 2.08. The van der Waals surface area contributed by atoms with Crippen LogP contribution in [0.4, 0.5) is 4.39 Å². The summed E-state index contributed by atoms with van der Waals surface area (Å²) >= 11 is 1.41. The monoisotopic (exact) mass is 401 g/mol. The molecule has 0 unspecified atom stereocenters. The third-order valence-corrected chi connectivity index (χ3v) is 4.73. The lowest BCUT2D eigenvalue weighted by Gasteiger charge is -2.05. The molecule has 0 atom stereocenters. The van der Waals surface area contributed by atoms with E-state index in [0.29, 0.717) is 29.3 Å². The molecule has 28 heavy (non-hydrogen) atoms. The molecule has 6 nitrogen and oxygen atoms in total. The summed E-state index contributed by atoms with van der Waals surface area (Å²) in [4.78, 5) is 5.17. The Balaban J connectivity index is 2.04. The number of hydrogen-bond acceptors (Lipinski definition) is 6. The molecule has 0 fully saturated rings. The fourth-order valence-electron chi connectivity index (χ4n) is 2.50. The Bertz CT molecular complexity index is 1040. The molecule has 0 spiro atoms. The van der Waals surface area contributed by atoms with Crippen molar-refractivity contribution < 1.29 is 19.0 Å². The van der Waals surface area contributed by atoms with Gasteiger partial charge in [-0.05, 0) is 35.9 Å². The van der Waals surface area contributed by atoms with E-state index in [1.165, 1.54) is 36.6 Å². The third kappa shape index (κ3) is 4.65. The Hall–Kier alpha value is -2.97. The van der Waals surface area contributed by atoms with Crippen LogP contribution in [0, 0.1) is 5.82 Å². The normalized spacial score (nSPS) is 12.0. The van der Waals surface area contributed by atoms with E-state index >= 15 is 0 Å². The number of rotatable bonds is 7. The molecule has 0 amide bonds. The number of hydrogen-bond donors (Lipinski definition) is 1. The molecule has 0 radical (unpaired) electrons. The number of phenols is 1. The molecule has 0 saturated heterocycles. The van der Waals surface area contributed by atoms with Crippen molar-refractivity contribution in [1.29, 1.82) is 0 Å². The van der Waals surface area contributed by atoms with Gasteiger partial charge in [0, 0.05) is 18.1 Å². The average Bonchev–Trinajstić information content (AvgIpc) is 3.10. The molecule has 146 valence electrons. The summed E-state index contributed by atoms with van der Waals surface area (Å²) in [5.41, 5.74) is 2.16. The molecule has 3 rings (SSSR count). The van der Waals surface area contributed by atoms with Gasteiger partial charge in [0.2, 0.25) is 4.80 Å². The molecular weight excluding hydrogens is 381 g/mol. The van der Waals surface area contributed by atoms with Crippen LogP contribution in [0.1, 0.15) is 5.56 Å². The van der Waals surface area contributed by atoms with Gasteiger partial charge in [-0.15, -0.1) is 11.3 Å². The number of halogens is 1. The van der Waals surface area contributed by atoms with E-state index in [-0.39, 0.29) is 11.6 Å². The number of thiazole rings is 1. The van der Waals surface area contributed by atoms with E-state index in [4.69, 9.17) is 9.47 Å². The first-order chi connectivity index (χ1) is 13.6. The molecular formula is C20H20FN3O3S. The number of benzene rings is 2. The Morgan fingerprint density at radius 3 is 2.82 bits per heavy atom. The molecule has 8 heteroatoms. The maximum absolute atomic E-state index is 13.7. The van der Waals surface area contributed by atoms with Gasteiger partial charge >= 0.3 is 0 Å². The average molecular weight is 401 g/mol. The smallest absolute Gasteiger partial charge is 0.206 e. The van der Waals surface area contributed by atoms with Crippen molar-refractivity contribution in [1.82, 2.24) is 4.68 Å². The lowest BCUT2D eigenvalue weighted by atomic mass is 10.2. The summed E-state index contributed by atoms with van der Waals surface area (Å²) in [5.74, 6) is 0.0912. The lowest BCUT2D eigenvalue weighted by Crippen LogP contribution is -2.13. The minimum absolute atomic E-state index is 0.0542. The van der Waals surface area contributed by atoms with Crippen LogP contribution in [-0.2, 0) is 4.74 Å². The summed E-state index contributed by atoms with van der Waals surface area (Å²) in [7, 11) is 3.10. The fraction of sp³-hybridized carbons (Fsp3) is 0.200. The topological polar surface area (TPSA) is 68.3 Å². The minimum Gasteiger partial charge on any atom is -0.504 e. The van der Waals surface area contributed by atoms with Gasteiger partial charge in [-0.2, -0.15) is 5.10 Å². The van der Waals surface area contributed by atoms with Gasteiger partial charge in [0.25, 0.3) is 0 Å². The molecule has 0 aliphatic carbocycles. The zero-order valence-electron chi connectivity index (χ0n) is 15.5. The summed E-state index contributed by atoms with van der Waals surface area (Å²) < 4.78 is 25.5. The van der Waals surface area contributed by atoms with E-state index in [2.05, 4.69) is 10.1 Å². The summed E-state index contributed by atoms with van der Waals surface area (Å²) in [6.07, 6.45) is 1.63. The SMILES string of the molecule is COCCN=c1scc(-c2cccc(F)c2)n1/N=C/c1ccc(O)c(OC)c1. The molecule has 0 aliphatic heterocycles. The van der Waals surface area contributed by atoms with Crippen molar-refractivity contribution in [2.75, 3.05) is 27.4 Å². The second-order valence-corrected chi connectivity index (χ2v) is 6.61. The van der Waals surface area contributed by atoms with Crippen molar-refractivity contribution >= 4 is 17.6 Å². The van der Waals surface area contributed by atoms with Crippen molar-refractivity contribution in [2.24, 2.45) is 10.1 Å². The Morgan fingerprint density at radius 1 is 1.21 bits per heavy atom.